The molecule has 118 valence electrons. The van der Waals surface area contributed by atoms with Gasteiger partial charge in [-0.1, -0.05) is 11.6 Å². The first kappa shape index (κ1) is 17.6. The highest BCUT2D eigenvalue weighted by molar-refractivity contribution is 6.32. The van der Waals surface area contributed by atoms with Gasteiger partial charge in [0.1, 0.15) is 11.6 Å². The van der Waals surface area contributed by atoms with Crippen LogP contribution in [0.2, 0.25) is 5.02 Å². The molecule has 0 saturated heterocycles. The van der Waals surface area contributed by atoms with E-state index in [9.17, 15) is 24.5 Å². The first-order chi connectivity index (χ1) is 10.2. The number of nitrogens with one attached hydrogen (secondary N) is 1. The molecule has 0 aliphatic heterocycles. The van der Waals surface area contributed by atoms with Crippen molar-refractivity contribution in [1.82, 2.24) is 5.32 Å². The van der Waals surface area contributed by atoms with Gasteiger partial charge in [0.25, 0.3) is 11.6 Å². The molecule has 1 aromatic rings. The van der Waals surface area contributed by atoms with E-state index in [2.05, 4.69) is 5.32 Å². The van der Waals surface area contributed by atoms with Gasteiger partial charge in [-0.2, -0.15) is 0 Å². The van der Waals surface area contributed by atoms with Gasteiger partial charge >= 0.3 is 5.97 Å². The van der Waals surface area contributed by atoms with Crippen molar-refractivity contribution < 1.29 is 24.0 Å². The van der Waals surface area contributed by atoms with Crippen LogP contribution in [0.3, 0.4) is 0 Å². The van der Waals surface area contributed by atoms with Crippen LogP contribution in [0.5, 0.6) is 0 Å². The number of hydrogen-bond donors (Lipinski definition) is 1. The predicted octanol–water partition coefficient (Wildman–Crippen LogP) is 1.50. The molecule has 0 spiro atoms. The van der Waals surface area contributed by atoms with E-state index in [1.807, 2.05) is 0 Å². The van der Waals surface area contributed by atoms with Crippen molar-refractivity contribution in [2.24, 2.45) is 0 Å². The second-order valence-electron chi connectivity index (χ2n) is 4.35. The summed E-state index contributed by atoms with van der Waals surface area (Å²) >= 11 is 5.63. The van der Waals surface area contributed by atoms with Crippen LogP contribution in [0, 0.1) is 10.1 Å². The number of rotatable bonds is 6. The van der Waals surface area contributed by atoms with Gasteiger partial charge in [0.15, 0.2) is 11.9 Å². The summed E-state index contributed by atoms with van der Waals surface area (Å²) in [6.07, 6.45) is -0.902. The van der Waals surface area contributed by atoms with E-state index in [1.165, 1.54) is 26.0 Å². The normalized spacial score (nSPS) is 11.4. The standard InChI is InChI=1S/C13H13ClN2O6/c1-7(17)8(2)22-12(18)6-15-13(19)9-3-4-10(14)11(5-9)16(20)21/h3-5,8H,6H2,1-2H3,(H,15,19). The van der Waals surface area contributed by atoms with Gasteiger partial charge in [-0.3, -0.25) is 24.5 Å². The van der Waals surface area contributed by atoms with Gasteiger partial charge in [-0.25, -0.2) is 0 Å². The van der Waals surface area contributed by atoms with E-state index in [0.29, 0.717) is 0 Å². The SMILES string of the molecule is CC(=O)C(C)OC(=O)CNC(=O)c1ccc(Cl)c([N+](=O)[O-])c1. The van der Waals surface area contributed by atoms with Gasteiger partial charge in [-0.05, 0) is 26.0 Å². The van der Waals surface area contributed by atoms with Gasteiger partial charge in [0.2, 0.25) is 0 Å². The molecule has 0 aliphatic carbocycles. The first-order valence-corrected chi connectivity index (χ1v) is 6.52. The molecule has 1 aromatic carbocycles. The highest BCUT2D eigenvalue weighted by Gasteiger charge is 2.18. The molecule has 0 radical (unpaired) electrons. The Labute approximate surface area is 130 Å². The number of nitrogens with zero attached hydrogens (tertiary/aromatic N) is 1. The highest BCUT2D eigenvalue weighted by atomic mass is 35.5. The van der Waals surface area contributed by atoms with Crippen molar-refractivity contribution in [1.29, 1.82) is 0 Å². The van der Waals surface area contributed by atoms with Crippen LogP contribution >= 0.6 is 11.6 Å². The van der Waals surface area contributed by atoms with Crippen LogP contribution in [0.4, 0.5) is 5.69 Å². The number of halogens is 1. The third-order valence-corrected chi connectivity index (χ3v) is 3.00. The van der Waals surface area contributed by atoms with Crippen molar-refractivity contribution in [2.75, 3.05) is 6.54 Å². The molecule has 22 heavy (non-hydrogen) atoms. The zero-order chi connectivity index (χ0) is 16.9. The van der Waals surface area contributed by atoms with E-state index in [4.69, 9.17) is 16.3 Å². The molecule has 0 aliphatic rings. The average molecular weight is 329 g/mol. The van der Waals surface area contributed by atoms with Crippen LogP contribution in [0.1, 0.15) is 24.2 Å². The number of nitro benzene ring substituents is 1. The van der Waals surface area contributed by atoms with Gasteiger partial charge in [-0.15, -0.1) is 0 Å². The van der Waals surface area contributed by atoms with Crippen LogP contribution < -0.4 is 5.32 Å². The summed E-state index contributed by atoms with van der Waals surface area (Å²) in [6.45, 7) is 2.21. The largest absolute Gasteiger partial charge is 0.453 e. The van der Waals surface area contributed by atoms with Crippen LogP contribution in [-0.2, 0) is 14.3 Å². The van der Waals surface area contributed by atoms with Crippen LogP contribution in [0.15, 0.2) is 18.2 Å². The minimum absolute atomic E-state index is 0.0245. The monoisotopic (exact) mass is 328 g/mol. The van der Waals surface area contributed by atoms with Crippen molar-refractivity contribution in [3.8, 4) is 0 Å². The fraction of sp³-hybridized carbons (Fsp3) is 0.308. The molecule has 1 N–H and O–H groups in total. The Hall–Kier alpha value is -2.48. The zero-order valence-electron chi connectivity index (χ0n) is 11.8. The average Bonchev–Trinajstić information content (AvgIpc) is 2.44. The Bertz CT molecular complexity index is 631. The summed E-state index contributed by atoms with van der Waals surface area (Å²) < 4.78 is 4.75. The Balaban J connectivity index is 2.66. The number of Topliss-reactive ketones (excluding diaryl/α,β-unsaturated/α-hetero) is 1. The molecule has 1 amide bonds. The summed E-state index contributed by atoms with van der Waals surface area (Å²) in [5.41, 5.74) is -0.439. The summed E-state index contributed by atoms with van der Waals surface area (Å²) in [5, 5.41) is 12.9. The Morgan fingerprint density at radius 3 is 2.59 bits per heavy atom. The molecular formula is C13H13ClN2O6. The van der Waals surface area contributed by atoms with E-state index in [1.54, 1.807) is 0 Å². The zero-order valence-corrected chi connectivity index (χ0v) is 12.5. The number of carbonyl (C=O) groups excluding carboxylic acids is 3. The summed E-state index contributed by atoms with van der Waals surface area (Å²) in [6, 6.07) is 3.50. The highest BCUT2D eigenvalue weighted by Crippen LogP contribution is 2.24. The predicted molar refractivity (Wildman–Crippen MR) is 76.7 cm³/mol. The third kappa shape index (κ3) is 4.81. The minimum atomic E-state index is -0.902. The maximum Gasteiger partial charge on any atom is 0.326 e. The van der Waals surface area contributed by atoms with Gasteiger partial charge < -0.3 is 10.1 Å². The van der Waals surface area contributed by atoms with E-state index in [-0.39, 0.29) is 16.4 Å². The van der Waals surface area contributed by atoms with Crippen molar-refractivity contribution in [3.05, 3.63) is 38.9 Å². The Morgan fingerprint density at radius 1 is 1.41 bits per heavy atom. The molecule has 1 unspecified atom stereocenters. The minimum Gasteiger partial charge on any atom is -0.453 e. The fourth-order valence-electron chi connectivity index (χ4n) is 1.37. The van der Waals surface area contributed by atoms with E-state index < -0.39 is 35.1 Å². The molecule has 0 bridgehead atoms. The number of carbonyl (C=O) groups is 3. The van der Waals surface area contributed by atoms with Crippen molar-refractivity contribution in [2.45, 2.75) is 20.0 Å². The number of hydrogen-bond acceptors (Lipinski definition) is 6. The Kier molecular flexibility index (Phi) is 6.00. The molecule has 0 saturated carbocycles. The fourth-order valence-corrected chi connectivity index (χ4v) is 1.56. The van der Waals surface area contributed by atoms with Crippen LogP contribution in [-0.4, -0.2) is 35.2 Å². The maximum absolute atomic E-state index is 11.8. The lowest BCUT2D eigenvalue weighted by molar-refractivity contribution is -0.384. The second-order valence-corrected chi connectivity index (χ2v) is 4.76. The van der Waals surface area contributed by atoms with Gasteiger partial charge in [0, 0.05) is 11.6 Å². The first-order valence-electron chi connectivity index (χ1n) is 6.14. The lowest BCUT2D eigenvalue weighted by Gasteiger charge is -2.10. The molecule has 9 heteroatoms. The molecule has 8 nitrogen and oxygen atoms in total. The number of ketones is 1. The number of amides is 1. The lowest BCUT2D eigenvalue weighted by Crippen LogP contribution is -2.33. The molecule has 0 fully saturated rings. The molecule has 0 aromatic heterocycles. The molecule has 1 atom stereocenters. The van der Waals surface area contributed by atoms with Crippen LogP contribution in [0.25, 0.3) is 0 Å². The van der Waals surface area contributed by atoms with Crippen molar-refractivity contribution >= 4 is 34.9 Å². The number of ether oxygens (including phenoxy) is 1. The topological polar surface area (TPSA) is 116 Å². The third-order valence-electron chi connectivity index (χ3n) is 2.68. The second kappa shape index (κ2) is 7.51. The molecule has 0 heterocycles. The van der Waals surface area contributed by atoms with Gasteiger partial charge in [0.05, 0.1) is 4.92 Å². The van der Waals surface area contributed by atoms with E-state index in [0.717, 1.165) is 6.07 Å². The van der Waals surface area contributed by atoms with E-state index >= 15 is 0 Å². The molecular weight excluding hydrogens is 316 g/mol. The number of nitro groups is 1. The number of esters is 1. The molecule has 1 rings (SSSR count). The summed E-state index contributed by atoms with van der Waals surface area (Å²) in [4.78, 5) is 44.1. The lowest BCUT2D eigenvalue weighted by atomic mass is 10.2. The summed E-state index contributed by atoms with van der Waals surface area (Å²) in [5.74, 6) is -1.82. The van der Waals surface area contributed by atoms with Crippen molar-refractivity contribution in [3.63, 3.8) is 0 Å². The quantitative estimate of drug-likeness (QED) is 0.480. The summed E-state index contributed by atoms with van der Waals surface area (Å²) in [7, 11) is 0. The smallest absolute Gasteiger partial charge is 0.326 e. The maximum atomic E-state index is 11.8. The number of benzene rings is 1. The Morgan fingerprint density at radius 2 is 2.05 bits per heavy atom.